The lowest BCUT2D eigenvalue weighted by Gasteiger charge is -2.42. The minimum absolute atomic E-state index is 0.0174. The minimum atomic E-state index is -4.01. The molecule has 16 atom stereocenters. The van der Waals surface area contributed by atoms with Crippen LogP contribution in [0.5, 0.6) is 0 Å². The van der Waals surface area contributed by atoms with E-state index in [-0.39, 0.29) is 68.7 Å². The summed E-state index contributed by atoms with van der Waals surface area (Å²) in [5.74, 6) is -10.7. The quantitative estimate of drug-likeness (QED) is 0.146. The summed E-state index contributed by atoms with van der Waals surface area (Å²) in [4.78, 5) is 85.6. The Hall–Kier alpha value is -3.99. The second-order valence-electron chi connectivity index (χ2n) is 22.6. The lowest BCUT2D eigenvalue weighted by atomic mass is 9.78. The SMILES string of the molecule is CO[C@H]1C[C@@H]2CC[C@@H](C)[C@@](O)(O2)C(=O)C(=O)N2CCCC[C@H]2C(=O)O[C@H]([C@H](C)C[C@@H]2CC[C@@H](OC(=O)CS(=O)(=O)N3CC[C@@H](O)C3)[C@H](OC)C2)CC(=O)[C@H](C)/C=C(\C)[C@@H](O)[C@@H](OC)C(=O)[C@H](C)C[C@H](C)/C=C/C=C/C=C/1C. The summed E-state index contributed by atoms with van der Waals surface area (Å²) in [5, 5.41) is 33.4. The van der Waals surface area contributed by atoms with Crippen LogP contribution in [0.3, 0.4) is 0 Å². The van der Waals surface area contributed by atoms with Gasteiger partial charge in [0.25, 0.3) is 11.7 Å². The van der Waals surface area contributed by atoms with Gasteiger partial charge in [0.1, 0.15) is 36.2 Å². The summed E-state index contributed by atoms with van der Waals surface area (Å²) in [6.07, 6.45) is 8.59. The highest BCUT2D eigenvalue weighted by molar-refractivity contribution is 7.89. The van der Waals surface area contributed by atoms with Gasteiger partial charge >= 0.3 is 11.9 Å². The van der Waals surface area contributed by atoms with Crippen molar-refractivity contribution in [3.8, 4) is 0 Å². The number of ether oxygens (including phenoxy) is 6. The molecule has 5 aliphatic rings. The van der Waals surface area contributed by atoms with Crippen molar-refractivity contribution >= 4 is 45.2 Å². The van der Waals surface area contributed by atoms with Gasteiger partial charge < -0.3 is 48.6 Å². The van der Waals surface area contributed by atoms with Gasteiger partial charge in [-0.1, -0.05) is 71.1 Å². The zero-order valence-electron chi connectivity index (χ0n) is 47.0. The predicted octanol–water partition coefficient (Wildman–Crippen LogP) is 5.13. The highest BCUT2D eigenvalue weighted by Gasteiger charge is 2.53. The molecule has 0 spiro atoms. The molecule has 1 amide bonds. The van der Waals surface area contributed by atoms with Crippen LogP contribution in [0.4, 0.5) is 0 Å². The second-order valence-corrected chi connectivity index (χ2v) is 24.6. The van der Waals surface area contributed by atoms with Crippen LogP contribution in [-0.2, 0) is 67.2 Å². The van der Waals surface area contributed by atoms with E-state index in [9.17, 15) is 52.5 Å². The third kappa shape index (κ3) is 17.0. The van der Waals surface area contributed by atoms with Crippen molar-refractivity contribution in [1.82, 2.24) is 9.21 Å². The van der Waals surface area contributed by atoms with Gasteiger partial charge in [0.15, 0.2) is 11.5 Å². The molecule has 4 heterocycles. The Labute approximate surface area is 456 Å². The molecule has 77 heavy (non-hydrogen) atoms. The minimum Gasteiger partial charge on any atom is -0.460 e. The highest BCUT2D eigenvalue weighted by atomic mass is 32.2. The third-order valence-electron chi connectivity index (χ3n) is 16.6. The van der Waals surface area contributed by atoms with E-state index in [1.54, 1.807) is 40.9 Å². The van der Waals surface area contributed by atoms with Gasteiger partial charge in [0.05, 0.1) is 24.4 Å². The van der Waals surface area contributed by atoms with E-state index in [0.717, 1.165) is 14.8 Å². The number of piperidine rings is 1. The van der Waals surface area contributed by atoms with E-state index < -0.39 is 124 Å². The Kier molecular flexibility index (Phi) is 24.0. The van der Waals surface area contributed by atoms with Crippen LogP contribution in [0.1, 0.15) is 132 Å². The molecular weight excluding hydrogens is 1020 g/mol. The molecule has 0 aromatic carbocycles. The number of cyclic esters (lactones) is 1. The first-order valence-electron chi connectivity index (χ1n) is 27.7. The number of aliphatic hydroxyl groups excluding tert-OH is 2. The number of allylic oxidation sites excluding steroid dienone is 6. The van der Waals surface area contributed by atoms with Crippen molar-refractivity contribution in [2.24, 2.45) is 35.5 Å². The van der Waals surface area contributed by atoms with Crippen LogP contribution < -0.4 is 0 Å². The maximum Gasteiger partial charge on any atom is 0.329 e. The average Bonchev–Trinajstić information content (AvgIpc) is 3.85. The summed E-state index contributed by atoms with van der Waals surface area (Å²) in [5.41, 5.74) is 1.19. The number of carbonyl (C=O) groups excluding carboxylic acids is 6. The van der Waals surface area contributed by atoms with Crippen LogP contribution in [0.2, 0.25) is 0 Å². The normalized spacial score (nSPS) is 38.4. The zero-order valence-corrected chi connectivity index (χ0v) is 47.8. The van der Waals surface area contributed by atoms with Crippen molar-refractivity contribution in [2.75, 3.05) is 46.7 Å². The molecule has 20 heteroatoms. The highest BCUT2D eigenvalue weighted by Crippen LogP contribution is 2.38. The zero-order chi connectivity index (χ0) is 56.9. The van der Waals surface area contributed by atoms with Crippen LogP contribution in [0.15, 0.2) is 47.6 Å². The van der Waals surface area contributed by atoms with Crippen LogP contribution in [0, 0.1) is 35.5 Å². The smallest absolute Gasteiger partial charge is 0.329 e. The standard InChI is InChI=1S/C57H88N2O17S/c1-34-16-12-11-13-17-35(2)47(71-8)30-43-21-19-40(7)57(68,76-43)54(65)55(66)59-24-15-14-18-44(59)56(67)75-48(31-45(61)36(3)27-39(6)52(64)53(73-10)51(63)38(5)26-34)37(4)28-41-20-22-46(49(29-41)72-9)74-50(62)33-77(69,70)58-25-23-42(60)32-58/h11-13,16-17,27,34,36-38,40-44,46-49,52-53,60,64,68H,14-15,18-26,28-33H2,1-10H3/b13-11+,16-12+,35-17+,39-27+/t34-,36-,37-,38-,40-,41+,42-,43+,44+,46-,47+,48+,49-,52-,53+,57-/m1/s1. The van der Waals surface area contributed by atoms with Gasteiger partial charge in [-0.3, -0.25) is 24.0 Å². The number of fused-ring (bicyclic) bond motifs is 3. The monoisotopic (exact) mass is 1100 g/mol. The Morgan fingerprint density at radius 2 is 1.57 bits per heavy atom. The predicted molar refractivity (Wildman–Crippen MR) is 285 cm³/mol. The fourth-order valence-electron chi connectivity index (χ4n) is 11.6. The Bertz CT molecular complexity index is 2300. The van der Waals surface area contributed by atoms with E-state index >= 15 is 0 Å². The number of sulfonamides is 1. The molecule has 4 fully saturated rings. The number of carbonyl (C=O) groups is 6. The summed E-state index contributed by atoms with van der Waals surface area (Å²) in [6, 6.07) is -1.22. The molecule has 0 aromatic heterocycles. The van der Waals surface area contributed by atoms with Gasteiger partial charge in [-0.25, -0.2) is 13.2 Å². The second kappa shape index (κ2) is 28.9. The van der Waals surface area contributed by atoms with Crippen LogP contribution >= 0.6 is 0 Å². The lowest BCUT2D eigenvalue weighted by Crippen LogP contribution is -2.61. The summed E-state index contributed by atoms with van der Waals surface area (Å²) in [6.45, 7) is 12.5. The van der Waals surface area contributed by atoms with E-state index in [1.165, 1.54) is 14.2 Å². The van der Waals surface area contributed by atoms with E-state index in [2.05, 4.69) is 0 Å². The molecule has 0 radical (unpaired) electrons. The number of nitrogens with zero attached hydrogens (tertiary/aromatic N) is 2. The number of hydrogen-bond acceptors (Lipinski definition) is 17. The third-order valence-corrected chi connectivity index (χ3v) is 18.3. The molecule has 2 bridgehead atoms. The van der Waals surface area contributed by atoms with Crippen molar-refractivity contribution in [3.63, 3.8) is 0 Å². The molecule has 3 saturated heterocycles. The molecule has 1 aliphatic carbocycles. The number of methoxy groups -OCH3 is 3. The molecule has 0 unspecified atom stereocenters. The molecule has 5 rings (SSSR count). The number of rotatable bonds is 10. The molecule has 3 N–H and O–H groups in total. The van der Waals surface area contributed by atoms with Gasteiger partial charge in [0.2, 0.25) is 15.8 Å². The maximum absolute atomic E-state index is 14.6. The maximum atomic E-state index is 14.6. The van der Waals surface area contributed by atoms with Gasteiger partial charge in [-0.05, 0) is 113 Å². The number of esters is 2. The number of Topliss-reactive ketones (excluding diaryl/α,β-unsaturated/α-hetero) is 3. The van der Waals surface area contributed by atoms with Crippen molar-refractivity contribution in [1.29, 1.82) is 0 Å². The van der Waals surface area contributed by atoms with E-state index in [0.29, 0.717) is 63.4 Å². The van der Waals surface area contributed by atoms with Crippen molar-refractivity contribution < 1.29 is 80.9 Å². The first-order chi connectivity index (χ1) is 36.3. The molecule has 19 nitrogen and oxygen atoms in total. The fraction of sp³-hybridized carbons (Fsp3) is 0.754. The lowest BCUT2D eigenvalue weighted by molar-refractivity contribution is -0.265. The number of hydrogen-bond donors (Lipinski definition) is 3. The average molecular weight is 1110 g/mol. The first-order valence-corrected chi connectivity index (χ1v) is 29.3. The van der Waals surface area contributed by atoms with Crippen molar-refractivity contribution in [3.05, 3.63) is 47.6 Å². The van der Waals surface area contributed by atoms with E-state index in [4.69, 9.17) is 28.4 Å². The Balaban J connectivity index is 1.42. The number of ketones is 3. The fourth-order valence-corrected chi connectivity index (χ4v) is 13.0. The van der Waals surface area contributed by atoms with Crippen LogP contribution in [0.25, 0.3) is 0 Å². The summed E-state index contributed by atoms with van der Waals surface area (Å²) < 4.78 is 62.3. The summed E-state index contributed by atoms with van der Waals surface area (Å²) in [7, 11) is 0.371. The van der Waals surface area contributed by atoms with E-state index in [1.807, 2.05) is 51.2 Å². The number of amides is 1. The van der Waals surface area contributed by atoms with Crippen LogP contribution in [-0.4, -0.2) is 176 Å². The molecule has 4 aliphatic heterocycles. The molecule has 0 aromatic rings. The van der Waals surface area contributed by atoms with Crippen molar-refractivity contribution in [2.45, 2.75) is 193 Å². The van der Waals surface area contributed by atoms with Gasteiger partial charge in [-0.15, -0.1) is 0 Å². The Morgan fingerprint density at radius 3 is 2.23 bits per heavy atom. The largest absolute Gasteiger partial charge is 0.460 e. The summed E-state index contributed by atoms with van der Waals surface area (Å²) >= 11 is 0. The molecule has 434 valence electrons. The van der Waals surface area contributed by atoms with Gasteiger partial charge in [0, 0.05) is 71.6 Å². The van der Waals surface area contributed by atoms with Gasteiger partial charge in [-0.2, -0.15) is 4.31 Å². The number of β-amino-alcohol motifs (C(OH)–C–C–N with tert-alkyl or cyclic N) is 1. The molecular formula is C57H88N2O17S. The topological polar surface area (TPSA) is 259 Å². The Morgan fingerprint density at radius 1 is 0.844 bits per heavy atom. The molecule has 1 saturated carbocycles. The first kappa shape index (κ1) is 63.8. The number of aliphatic hydroxyl groups is 3.